The van der Waals surface area contributed by atoms with Gasteiger partial charge in [-0.15, -0.1) is 0 Å². The van der Waals surface area contributed by atoms with Crippen molar-refractivity contribution in [1.82, 2.24) is 9.80 Å². The molecule has 34 heavy (non-hydrogen) atoms. The van der Waals surface area contributed by atoms with Crippen LogP contribution in [-0.4, -0.2) is 48.4 Å². The smallest absolute Gasteiger partial charge is 0.222 e. The Balaban J connectivity index is 1.33. The molecule has 7 heteroatoms. The first-order valence-electron chi connectivity index (χ1n) is 12.3. The minimum Gasteiger partial charge on any atom is -0.367 e. The molecule has 0 spiro atoms. The molecule has 0 aromatic heterocycles. The maximum absolute atomic E-state index is 14.1. The summed E-state index contributed by atoms with van der Waals surface area (Å²) in [6.45, 7) is 3.29. The summed E-state index contributed by atoms with van der Waals surface area (Å²) in [5.74, 6) is -0.243. The zero-order valence-corrected chi connectivity index (χ0v) is 20.3. The van der Waals surface area contributed by atoms with Gasteiger partial charge in [-0.1, -0.05) is 55.5 Å². The largest absolute Gasteiger partial charge is 0.367 e. The highest BCUT2D eigenvalue weighted by atomic mass is 35.5. The molecule has 184 valence electrons. The Kier molecular flexibility index (Phi) is 8.92. The van der Waals surface area contributed by atoms with E-state index in [0.717, 1.165) is 31.0 Å². The van der Waals surface area contributed by atoms with Gasteiger partial charge in [0.05, 0.1) is 12.7 Å². The first kappa shape index (κ1) is 25.1. The summed E-state index contributed by atoms with van der Waals surface area (Å²) in [6, 6.07) is 11.2. The van der Waals surface area contributed by atoms with Crippen LogP contribution in [0, 0.1) is 17.6 Å². The van der Waals surface area contributed by atoms with Crippen LogP contribution in [0.4, 0.5) is 8.78 Å². The molecule has 2 fully saturated rings. The maximum atomic E-state index is 14.1. The number of nitrogens with zero attached hydrogens (tertiary/aromatic N) is 2. The van der Waals surface area contributed by atoms with Gasteiger partial charge in [-0.2, -0.15) is 0 Å². The second-order valence-corrected chi connectivity index (χ2v) is 9.86. The van der Waals surface area contributed by atoms with Gasteiger partial charge in [-0.25, -0.2) is 8.78 Å². The van der Waals surface area contributed by atoms with Crippen molar-refractivity contribution < 1.29 is 18.3 Å². The van der Waals surface area contributed by atoms with Gasteiger partial charge in [-0.05, 0) is 42.2 Å². The van der Waals surface area contributed by atoms with Gasteiger partial charge < -0.3 is 9.64 Å². The summed E-state index contributed by atoms with van der Waals surface area (Å²) in [5.41, 5.74) is 0.829. The van der Waals surface area contributed by atoms with Gasteiger partial charge in [0, 0.05) is 49.7 Å². The number of carbonyl (C=O) groups is 1. The molecule has 0 N–H and O–H groups in total. The number of ether oxygens (including phenoxy) is 1. The monoisotopic (exact) mass is 490 g/mol. The lowest BCUT2D eigenvalue weighted by atomic mass is 10.0. The number of hydrogen-bond donors (Lipinski definition) is 0. The van der Waals surface area contributed by atoms with Crippen molar-refractivity contribution in [2.24, 2.45) is 5.92 Å². The predicted molar refractivity (Wildman–Crippen MR) is 130 cm³/mol. The van der Waals surface area contributed by atoms with E-state index in [1.807, 2.05) is 17.0 Å². The predicted octanol–water partition coefficient (Wildman–Crippen LogP) is 5.99. The van der Waals surface area contributed by atoms with Crippen molar-refractivity contribution in [2.75, 3.05) is 32.7 Å². The zero-order chi connectivity index (χ0) is 23.9. The van der Waals surface area contributed by atoms with E-state index in [4.69, 9.17) is 16.3 Å². The lowest BCUT2D eigenvalue weighted by molar-refractivity contribution is -0.133. The number of carbonyl (C=O) groups excluding carboxylic acids is 1. The third-order valence-corrected chi connectivity index (χ3v) is 7.37. The number of amides is 1. The molecule has 1 heterocycles. The molecule has 1 saturated carbocycles. The molecular weight excluding hydrogens is 458 g/mol. The fourth-order valence-electron chi connectivity index (χ4n) is 4.99. The van der Waals surface area contributed by atoms with Crippen molar-refractivity contribution in [3.63, 3.8) is 0 Å². The third-order valence-electron chi connectivity index (χ3n) is 7.12. The Bertz CT molecular complexity index is 922. The van der Waals surface area contributed by atoms with Crippen molar-refractivity contribution in [3.8, 4) is 0 Å². The highest BCUT2D eigenvalue weighted by Crippen LogP contribution is 2.29. The van der Waals surface area contributed by atoms with Crippen LogP contribution in [0.15, 0.2) is 42.5 Å². The number of halogens is 3. The van der Waals surface area contributed by atoms with Crippen LogP contribution in [0.3, 0.4) is 0 Å². The molecule has 1 saturated heterocycles. The van der Waals surface area contributed by atoms with E-state index in [9.17, 15) is 13.6 Å². The van der Waals surface area contributed by atoms with E-state index in [1.54, 1.807) is 12.1 Å². The molecular formula is C27H33ClF2N2O2. The average molecular weight is 491 g/mol. The van der Waals surface area contributed by atoms with E-state index in [1.165, 1.54) is 43.9 Å². The van der Waals surface area contributed by atoms with Crippen molar-refractivity contribution in [2.45, 2.75) is 51.2 Å². The van der Waals surface area contributed by atoms with Gasteiger partial charge in [-0.3, -0.25) is 9.69 Å². The summed E-state index contributed by atoms with van der Waals surface area (Å²) in [4.78, 5) is 16.9. The minimum atomic E-state index is -0.611. The van der Waals surface area contributed by atoms with Crippen LogP contribution >= 0.6 is 11.6 Å². The van der Waals surface area contributed by atoms with Crippen LogP contribution in [0.25, 0.3) is 0 Å². The normalized spacial score (nSPS) is 18.4. The molecule has 2 aromatic rings. The number of hydrogen-bond acceptors (Lipinski definition) is 3. The summed E-state index contributed by atoms with van der Waals surface area (Å²) in [5, 5.41) is 0.618. The topological polar surface area (TPSA) is 32.8 Å². The summed E-state index contributed by atoms with van der Waals surface area (Å²) in [7, 11) is 0. The number of benzene rings is 2. The first-order chi connectivity index (χ1) is 16.5. The van der Waals surface area contributed by atoms with Crippen molar-refractivity contribution in [1.29, 1.82) is 0 Å². The Morgan fingerprint density at radius 3 is 2.29 bits per heavy atom. The van der Waals surface area contributed by atoms with Crippen LogP contribution in [-0.2, 0) is 16.1 Å². The molecule has 2 aromatic carbocycles. The molecule has 2 aliphatic rings. The van der Waals surface area contributed by atoms with Crippen molar-refractivity contribution in [3.05, 3.63) is 70.2 Å². The molecule has 1 aliphatic heterocycles. The molecule has 0 radical (unpaired) electrons. The average Bonchev–Trinajstić information content (AvgIpc) is 3.36. The van der Waals surface area contributed by atoms with Crippen LogP contribution in [0.2, 0.25) is 5.02 Å². The fraction of sp³-hybridized carbons (Fsp3) is 0.519. The van der Waals surface area contributed by atoms with Gasteiger partial charge in [0.1, 0.15) is 11.6 Å². The van der Waals surface area contributed by atoms with Gasteiger partial charge >= 0.3 is 0 Å². The highest BCUT2D eigenvalue weighted by Gasteiger charge is 2.25. The minimum absolute atomic E-state index is 0.0702. The van der Waals surface area contributed by atoms with E-state index in [0.29, 0.717) is 31.1 Å². The van der Waals surface area contributed by atoms with Gasteiger partial charge in [0.15, 0.2) is 0 Å². The summed E-state index contributed by atoms with van der Waals surface area (Å²) in [6.07, 6.45) is 6.43. The Morgan fingerprint density at radius 2 is 1.65 bits per heavy atom. The van der Waals surface area contributed by atoms with Gasteiger partial charge in [0.25, 0.3) is 0 Å². The molecule has 4 rings (SSSR count). The molecule has 0 unspecified atom stereocenters. The fourth-order valence-corrected chi connectivity index (χ4v) is 5.11. The third kappa shape index (κ3) is 6.77. The van der Waals surface area contributed by atoms with Crippen LogP contribution in [0.5, 0.6) is 0 Å². The molecule has 1 amide bonds. The Hall–Kier alpha value is -2.02. The summed E-state index contributed by atoms with van der Waals surface area (Å²) >= 11 is 6.05. The number of piperazine rings is 1. The standard InChI is InChI=1S/C27H33ClF2N2O2/c28-22-11-9-21(10-12-22)26(34-19-23-24(29)6-3-7-25(23)30)18-31-14-16-32(17-15-31)27(33)13-8-20-4-1-2-5-20/h3,6-7,9-12,20,26H,1-2,4-5,8,13-19H2/t26-/m0/s1. The van der Waals surface area contributed by atoms with Crippen LogP contribution in [0.1, 0.15) is 55.8 Å². The molecule has 1 aliphatic carbocycles. The quantitative estimate of drug-likeness (QED) is 0.433. The van der Waals surface area contributed by atoms with E-state index in [2.05, 4.69) is 4.90 Å². The number of rotatable bonds is 9. The zero-order valence-electron chi connectivity index (χ0n) is 19.5. The second-order valence-electron chi connectivity index (χ2n) is 9.42. The van der Waals surface area contributed by atoms with E-state index < -0.39 is 11.6 Å². The molecule has 1 atom stereocenters. The van der Waals surface area contributed by atoms with Crippen LogP contribution < -0.4 is 0 Å². The highest BCUT2D eigenvalue weighted by molar-refractivity contribution is 6.30. The second kappa shape index (κ2) is 12.1. The Morgan fingerprint density at radius 1 is 1.00 bits per heavy atom. The lowest BCUT2D eigenvalue weighted by Gasteiger charge is -2.36. The Labute approximate surface area is 205 Å². The van der Waals surface area contributed by atoms with Crippen molar-refractivity contribution >= 4 is 17.5 Å². The lowest BCUT2D eigenvalue weighted by Crippen LogP contribution is -2.49. The van der Waals surface area contributed by atoms with Gasteiger partial charge in [0.2, 0.25) is 5.91 Å². The van der Waals surface area contributed by atoms with E-state index in [-0.39, 0.29) is 24.2 Å². The van der Waals surface area contributed by atoms with E-state index >= 15 is 0 Å². The molecule has 0 bridgehead atoms. The maximum Gasteiger partial charge on any atom is 0.222 e. The SMILES string of the molecule is O=C(CCC1CCCC1)N1CCN(C[C@H](OCc2c(F)cccc2F)c2ccc(Cl)cc2)CC1. The summed E-state index contributed by atoms with van der Waals surface area (Å²) < 4.78 is 34.3. The molecule has 4 nitrogen and oxygen atoms in total. The first-order valence-corrected chi connectivity index (χ1v) is 12.7.